The van der Waals surface area contributed by atoms with Gasteiger partial charge in [0.25, 0.3) is 0 Å². The van der Waals surface area contributed by atoms with Gasteiger partial charge >= 0.3 is 11.8 Å². The Bertz CT molecular complexity index is 507. The summed E-state index contributed by atoms with van der Waals surface area (Å²) in [5, 5.41) is 7.39. The molecular weight excluding hydrogens is 218 g/mol. The lowest BCUT2D eigenvalue weighted by atomic mass is 10.3. The summed E-state index contributed by atoms with van der Waals surface area (Å²) in [6.45, 7) is 4.10. The van der Waals surface area contributed by atoms with E-state index in [1.54, 1.807) is 11.8 Å². The van der Waals surface area contributed by atoms with Crippen LogP contribution in [0.1, 0.15) is 23.5 Å². The number of rotatable bonds is 3. The topological polar surface area (TPSA) is 59.2 Å². The van der Waals surface area contributed by atoms with E-state index in [4.69, 9.17) is 4.42 Å². The molecule has 0 aliphatic rings. The van der Waals surface area contributed by atoms with Crippen LogP contribution in [0, 0.1) is 6.92 Å². The second-order valence-electron chi connectivity index (χ2n) is 3.51. The highest BCUT2D eigenvalue weighted by atomic mass is 16.4. The Hall–Kier alpha value is -2.17. The number of amides is 1. The van der Waals surface area contributed by atoms with Crippen LogP contribution in [0.4, 0.5) is 5.69 Å². The second kappa shape index (κ2) is 4.78. The van der Waals surface area contributed by atoms with Gasteiger partial charge < -0.3 is 9.32 Å². The Labute approximate surface area is 99.1 Å². The minimum Gasteiger partial charge on any atom is -0.417 e. The molecule has 0 aliphatic heterocycles. The van der Waals surface area contributed by atoms with Gasteiger partial charge in [0, 0.05) is 19.2 Å². The van der Waals surface area contributed by atoms with Gasteiger partial charge in [-0.1, -0.05) is 18.2 Å². The standard InChI is InChI=1S/C12H13N3O2/c1-3-15(10-7-5-4-6-8-10)12(16)11-14-13-9(2)17-11/h4-8H,3H2,1-2H3. The third kappa shape index (κ3) is 2.33. The molecule has 1 heterocycles. The van der Waals surface area contributed by atoms with E-state index in [2.05, 4.69) is 10.2 Å². The van der Waals surface area contributed by atoms with Gasteiger partial charge in [0.2, 0.25) is 5.89 Å². The van der Waals surface area contributed by atoms with E-state index in [0.717, 1.165) is 5.69 Å². The van der Waals surface area contributed by atoms with E-state index in [-0.39, 0.29) is 11.8 Å². The lowest BCUT2D eigenvalue weighted by molar-refractivity contribution is 0.0953. The number of carbonyl (C=O) groups is 1. The van der Waals surface area contributed by atoms with Crippen molar-refractivity contribution < 1.29 is 9.21 Å². The smallest absolute Gasteiger partial charge is 0.315 e. The van der Waals surface area contributed by atoms with Gasteiger partial charge in [-0.15, -0.1) is 10.2 Å². The number of carbonyl (C=O) groups excluding carboxylic acids is 1. The number of benzene rings is 1. The van der Waals surface area contributed by atoms with Crippen molar-refractivity contribution in [3.8, 4) is 0 Å². The number of hydrogen-bond donors (Lipinski definition) is 0. The maximum absolute atomic E-state index is 12.1. The second-order valence-corrected chi connectivity index (χ2v) is 3.51. The van der Waals surface area contributed by atoms with Crippen LogP contribution < -0.4 is 4.90 Å². The summed E-state index contributed by atoms with van der Waals surface area (Å²) >= 11 is 0. The van der Waals surface area contributed by atoms with Crippen LogP contribution in [-0.4, -0.2) is 22.6 Å². The summed E-state index contributed by atoms with van der Waals surface area (Å²) in [6, 6.07) is 9.39. The zero-order valence-corrected chi connectivity index (χ0v) is 9.75. The van der Waals surface area contributed by atoms with Gasteiger partial charge in [-0.3, -0.25) is 4.79 Å². The van der Waals surface area contributed by atoms with Crippen LogP contribution in [0.5, 0.6) is 0 Å². The summed E-state index contributed by atoms with van der Waals surface area (Å²) < 4.78 is 5.14. The first kappa shape index (κ1) is 11.3. The number of para-hydroxylation sites is 1. The van der Waals surface area contributed by atoms with E-state index >= 15 is 0 Å². The Morgan fingerprint density at radius 2 is 2.00 bits per heavy atom. The Morgan fingerprint density at radius 1 is 1.29 bits per heavy atom. The van der Waals surface area contributed by atoms with Gasteiger partial charge in [0.15, 0.2) is 0 Å². The lowest BCUT2D eigenvalue weighted by Crippen LogP contribution is -2.30. The Kier molecular flexibility index (Phi) is 3.18. The number of nitrogens with zero attached hydrogens (tertiary/aromatic N) is 3. The molecule has 0 unspecified atom stereocenters. The van der Waals surface area contributed by atoms with Crippen molar-refractivity contribution in [3.63, 3.8) is 0 Å². The van der Waals surface area contributed by atoms with Gasteiger partial charge in [-0.2, -0.15) is 0 Å². The molecule has 2 aromatic rings. The Morgan fingerprint density at radius 3 is 2.53 bits per heavy atom. The zero-order valence-electron chi connectivity index (χ0n) is 9.75. The van der Waals surface area contributed by atoms with Gasteiger partial charge in [-0.25, -0.2) is 0 Å². The highest BCUT2D eigenvalue weighted by Crippen LogP contribution is 2.15. The molecule has 0 bridgehead atoms. The predicted octanol–water partition coefficient (Wildman–Crippen LogP) is 2.04. The number of aryl methyl sites for hydroxylation is 1. The van der Waals surface area contributed by atoms with Crippen LogP contribution in [0.25, 0.3) is 0 Å². The molecule has 0 fully saturated rings. The van der Waals surface area contributed by atoms with E-state index in [1.165, 1.54) is 0 Å². The first-order chi connectivity index (χ1) is 8.22. The van der Waals surface area contributed by atoms with Crippen molar-refractivity contribution >= 4 is 11.6 Å². The SMILES string of the molecule is CCN(C(=O)c1nnc(C)o1)c1ccccc1. The van der Waals surface area contributed by atoms with Crippen molar-refractivity contribution in [2.45, 2.75) is 13.8 Å². The quantitative estimate of drug-likeness (QED) is 0.811. The molecule has 0 N–H and O–H groups in total. The highest BCUT2D eigenvalue weighted by Gasteiger charge is 2.21. The molecule has 1 aromatic carbocycles. The summed E-state index contributed by atoms with van der Waals surface area (Å²) in [7, 11) is 0. The van der Waals surface area contributed by atoms with Crippen molar-refractivity contribution in [1.82, 2.24) is 10.2 Å². The number of anilines is 1. The molecule has 0 saturated carbocycles. The molecule has 88 valence electrons. The normalized spacial score (nSPS) is 10.2. The average molecular weight is 231 g/mol. The first-order valence-electron chi connectivity index (χ1n) is 5.39. The average Bonchev–Trinajstić information content (AvgIpc) is 2.78. The molecule has 2 rings (SSSR count). The van der Waals surface area contributed by atoms with Crippen LogP contribution in [-0.2, 0) is 0 Å². The summed E-state index contributed by atoms with van der Waals surface area (Å²) in [5.74, 6) is 0.130. The van der Waals surface area contributed by atoms with Crippen molar-refractivity contribution in [2.24, 2.45) is 0 Å². The molecule has 1 amide bonds. The molecule has 5 heteroatoms. The van der Waals surface area contributed by atoms with Crippen LogP contribution in [0.3, 0.4) is 0 Å². The highest BCUT2D eigenvalue weighted by molar-refractivity contribution is 6.02. The summed E-state index contributed by atoms with van der Waals surface area (Å²) in [6.07, 6.45) is 0. The first-order valence-corrected chi connectivity index (χ1v) is 5.39. The molecule has 0 saturated heterocycles. The van der Waals surface area contributed by atoms with E-state index in [1.807, 2.05) is 37.3 Å². The van der Waals surface area contributed by atoms with Gasteiger partial charge in [-0.05, 0) is 19.1 Å². The Balaban J connectivity index is 2.28. The van der Waals surface area contributed by atoms with Crippen molar-refractivity contribution in [2.75, 3.05) is 11.4 Å². The van der Waals surface area contributed by atoms with E-state index in [0.29, 0.717) is 12.4 Å². The molecule has 1 aromatic heterocycles. The van der Waals surface area contributed by atoms with Gasteiger partial charge in [0.1, 0.15) is 0 Å². The van der Waals surface area contributed by atoms with Crippen molar-refractivity contribution in [1.29, 1.82) is 0 Å². The fourth-order valence-corrected chi connectivity index (χ4v) is 1.55. The zero-order chi connectivity index (χ0) is 12.3. The molecule has 17 heavy (non-hydrogen) atoms. The van der Waals surface area contributed by atoms with Crippen molar-refractivity contribution in [3.05, 3.63) is 42.1 Å². The van der Waals surface area contributed by atoms with E-state index < -0.39 is 0 Å². The minimum atomic E-state index is -0.278. The van der Waals surface area contributed by atoms with Crippen LogP contribution >= 0.6 is 0 Å². The lowest BCUT2D eigenvalue weighted by Gasteiger charge is -2.18. The molecule has 0 atom stereocenters. The maximum Gasteiger partial charge on any atom is 0.315 e. The summed E-state index contributed by atoms with van der Waals surface area (Å²) in [4.78, 5) is 13.7. The maximum atomic E-state index is 12.1. The monoisotopic (exact) mass is 231 g/mol. The molecule has 0 radical (unpaired) electrons. The van der Waals surface area contributed by atoms with Crippen LogP contribution in [0.2, 0.25) is 0 Å². The predicted molar refractivity (Wildman–Crippen MR) is 62.8 cm³/mol. The summed E-state index contributed by atoms with van der Waals surface area (Å²) in [5.41, 5.74) is 0.816. The third-order valence-electron chi connectivity index (χ3n) is 2.34. The molecule has 0 spiro atoms. The minimum absolute atomic E-state index is 0.0215. The third-order valence-corrected chi connectivity index (χ3v) is 2.34. The molecule has 0 aliphatic carbocycles. The van der Waals surface area contributed by atoms with Crippen LogP contribution in [0.15, 0.2) is 34.7 Å². The fourth-order valence-electron chi connectivity index (χ4n) is 1.55. The fraction of sp³-hybridized carbons (Fsp3) is 0.250. The van der Waals surface area contributed by atoms with E-state index in [9.17, 15) is 4.79 Å². The number of aromatic nitrogens is 2. The number of hydrogen-bond acceptors (Lipinski definition) is 4. The largest absolute Gasteiger partial charge is 0.417 e. The van der Waals surface area contributed by atoms with Gasteiger partial charge in [0.05, 0.1) is 0 Å². The molecular formula is C12H13N3O2. The molecule has 5 nitrogen and oxygen atoms in total.